The van der Waals surface area contributed by atoms with Gasteiger partial charge in [-0.15, -0.1) is 0 Å². The highest BCUT2D eigenvalue weighted by molar-refractivity contribution is 5.97. The molecule has 7 nitrogen and oxygen atoms in total. The molecule has 1 amide bonds. The van der Waals surface area contributed by atoms with Crippen molar-refractivity contribution in [1.29, 1.82) is 0 Å². The Morgan fingerprint density at radius 1 is 1.27 bits per heavy atom. The summed E-state index contributed by atoms with van der Waals surface area (Å²) in [7, 11) is 0. The van der Waals surface area contributed by atoms with Gasteiger partial charge in [0.05, 0.1) is 11.4 Å². The smallest absolute Gasteiger partial charge is 0.336 e. The van der Waals surface area contributed by atoms with E-state index in [4.69, 9.17) is 9.15 Å². The molecule has 1 aromatic carbocycles. The first-order chi connectivity index (χ1) is 12.5. The molecule has 2 aromatic heterocycles. The van der Waals surface area contributed by atoms with Gasteiger partial charge in [0.15, 0.2) is 6.61 Å². The number of nitrogens with one attached hydrogen (secondary N) is 1. The Hall–Kier alpha value is -3.48. The third kappa shape index (κ3) is 4.13. The van der Waals surface area contributed by atoms with Crippen molar-refractivity contribution in [1.82, 2.24) is 10.4 Å². The standard InChI is InChI=1S/C19H17N3O4/c1-12-9-19(24)26-17-10-14(6-7-15(12)17)25-11-18(23)22-21-13(2)16-5-3-4-8-20-16/h3-10H,11H2,1-2H3,(H,22,23)/b21-13-. The maximum absolute atomic E-state index is 11.9. The number of pyridine rings is 1. The summed E-state index contributed by atoms with van der Waals surface area (Å²) in [5.74, 6) is 0.0119. The first kappa shape index (κ1) is 17.3. The van der Waals surface area contributed by atoms with Crippen LogP contribution in [0.5, 0.6) is 5.75 Å². The number of aryl methyl sites for hydroxylation is 1. The highest BCUT2D eigenvalue weighted by atomic mass is 16.5. The summed E-state index contributed by atoms with van der Waals surface area (Å²) >= 11 is 0. The van der Waals surface area contributed by atoms with Crippen LogP contribution in [0.3, 0.4) is 0 Å². The molecule has 0 unspecified atom stereocenters. The van der Waals surface area contributed by atoms with Crippen molar-refractivity contribution in [3.8, 4) is 5.75 Å². The van der Waals surface area contributed by atoms with Crippen LogP contribution in [0.1, 0.15) is 18.2 Å². The molecule has 0 fully saturated rings. The molecule has 0 bridgehead atoms. The van der Waals surface area contributed by atoms with Crippen LogP contribution in [0.25, 0.3) is 11.0 Å². The predicted molar refractivity (Wildman–Crippen MR) is 97.3 cm³/mol. The third-order valence-electron chi connectivity index (χ3n) is 3.68. The average Bonchev–Trinajstić information content (AvgIpc) is 2.64. The molecule has 3 aromatic rings. The van der Waals surface area contributed by atoms with Crippen molar-refractivity contribution in [2.75, 3.05) is 6.61 Å². The second kappa shape index (κ2) is 7.60. The second-order valence-electron chi connectivity index (χ2n) is 5.64. The molecule has 26 heavy (non-hydrogen) atoms. The normalized spacial score (nSPS) is 11.4. The molecular weight excluding hydrogens is 334 g/mol. The molecule has 0 aliphatic heterocycles. The number of carbonyl (C=O) groups is 1. The van der Waals surface area contributed by atoms with E-state index in [-0.39, 0.29) is 6.61 Å². The van der Waals surface area contributed by atoms with Crippen molar-refractivity contribution >= 4 is 22.6 Å². The Labute approximate surface area is 149 Å². The lowest BCUT2D eigenvalue weighted by atomic mass is 10.1. The van der Waals surface area contributed by atoms with Crippen LogP contribution in [-0.2, 0) is 4.79 Å². The molecule has 7 heteroatoms. The summed E-state index contributed by atoms with van der Waals surface area (Å²) in [6.45, 7) is 3.35. The van der Waals surface area contributed by atoms with Crippen LogP contribution in [0, 0.1) is 6.92 Å². The Morgan fingerprint density at radius 2 is 2.12 bits per heavy atom. The minimum absolute atomic E-state index is 0.222. The molecule has 0 saturated heterocycles. The molecule has 3 rings (SSSR count). The van der Waals surface area contributed by atoms with Crippen molar-refractivity contribution in [3.63, 3.8) is 0 Å². The largest absolute Gasteiger partial charge is 0.484 e. The van der Waals surface area contributed by atoms with Crippen molar-refractivity contribution in [2.45, 2.75) is 13.8 Å². The fourth-order valence-corrected chi connectivity index (χ4v) is 2.36. The fourth-order valence-electron chi connectivity index (χ4n) is 2.36. The number of amides is 1. The predicted octanol–water partition coefficient (Wildman–Crippen LogP) is 2.42. The third-order valence-corrected chi connectivity index (χ3v) is 3.68. The summed E-state index contributed by atoms with van der Waals surface area (Å²) in [6.07, 6.45) is 1.65. The van der Waals surface area contributed by atoms with Crippen molar-refractivity contribution < 1.29 is 13.9 Å². The minimum Gasteiger partial charge on any atom is -0.484 e. The van der Waals surface area contributed by atoms with E-state index in [2.05, 4.69) is 15.5 Å². The number of fused-ring (bicyclic) bond motifs is 1. The van der Waals surface area contributed by atoms with Gasteiger partial charge in [0.2, 0.25) is 0 Å². The maximum Gasteiger partial charge on any atom is 0.336 e. The van der Waals surface area contributed by atoms with Crippen LogP contribution in [0.15, 0.2) is 63.0 Å². The van der Waals surface area contributed by atoms with Crippen molar-refractivity contribution in [2.24, 2.45) is 5.10 Å². The fraction of sp³-hybridized carbons (Fsp3) is 0.158. The number of hydrogen-bond acceptors (Lipinski definition) is 6. The van der Waals surface area contributed by atoms with E-state index in [0.717, 1.165) is 10.9 Å². The number of nitrogens with zero attached hydrogens (tertiary/aromatic N) is 2. The number of hydrogen-bond donors (Lipinski definition) is 1. The van der Waals surface area contributed by atoms with Crippen LogP contribution < -0.4 is 15.8 Å². The number of benzene rings is 1. The lowest BCUT2D eigenvalue weighted by molar-refractivity contribution is -0.123. The van der Waals surface area contributed by atoms with Gasteiger partial charge in [0.1, 0.15) is 11.3 Å². The number of hydrazone groups is 1. The van der Waals surface area contributed by atoms with Gasteiger partial charge in [-0.25, -0.2) is 10.2 Å². The van der Waals surface area contributed by atoms with E-state index in [1.807, 2.05) is 13.0 Å². The highest BCUT2D eigenvalue weighted by Crippen LogP contribution is 2.22. The number of aromatic nitrogens is 1. The minimum atomic E-state index is -0.427. The summed E-state index contributed by atoms with van der Waals surface area (Å²) < 4.78 is 10.6. The number of rotatable bonds is 5. The highest BCUT2D eigenvalue weighted by Gasteiger charge is 2.07. The van der Waals surface area contributed by atoms with Crippen LogP contribution >= 0.6 is 0 Å². The maximum atomic E-state index is 11.9. The van der Waals surface area contributed by atoms with Gasteiger partial charge in [-0.2, -0.15) is 5.10 Å². The Balaban J connectivity index is 1.63. The molecule has 0 atom stereocenters. The Kier molecular flexibility index (Phi) is 5.07. The first-order valence-electron chi connectivity index (χ1n) is 7.95. The second-order valence-corrected chi connectivity index (χ2v) is 5.64. The molecule has 1 N–H and O–H groups in total. The molecule has 0 radical (unpaired) electrons. The first-order valence-corrected chi connectivity index (χ1v) is 7.95. The number of carbonyl (C=O) groups excluding carboxylic acids is 1. The van der Waals surface area contributed by atoms with Gasteiger partial charge >= 0.3 is 5.63 Å². The zero-order chi connectivity index (χ0) is 18.5. The summed E-state index contributed by atoms with van der Waals surface area (Å²) in [5, 5.41) is 4.81. The van der Waals surface area contributed by atoms with E-state index < -0.39 is 11.5 Å². The zero-order valence-electron chi connectivity index (χ0n) is 14.4. The molecule has 0 aliphatic carbocycles. The summed E-state index contributed by atoms with van der Waals surface area (Å²) in [5.41, 5.74) is 4.48. The SMILES string of the molecule is C/C(=N/NC(=O)COc1ccc2c(C)cc(=O)oc2c1)c1ccccn1. The van der Waals surface area contributed by atoms with Crippen LogP contribution in [0.4, 0.5) is 0 Å². The Bertz CT molecular complexity index is 1030. The topological polar surface area (TPSA) is 93.8 Å². The lowest BCUT2D eigenvalue weighted by Crippen LogP contribution is -2.25. The van der Waals surface area contributed by atoms with Gasteiger partial charge in [-0.1, -0.05) is 6.07 Å². The quantitative estimate of drug-likeness (QED) is 0.433. The van der Waals surface area contributed by atoms with Crippen LogP contribution in [-0.4, -0.2) is 23.2 Å². The van der Waals surface area contributed by atoms with Gasteiger partial charge < -0.3 is 9.15 Å². The average molecular weight is 351 g/mol. The Morgan fingerprint density at radius 3 is 2.88 bits per heavy atom. The van der Waals surface area contributed by atoms with E-state index in [1.165, 1.54) is 6.07 Å². The van der Waals surface area contributed by atoms with E-state index >= 15 is 0 Å². The van der Waals surface area contributed by atoms with Gasteiger partial charge in [0, 0.05) is 23.7 Å². The molecular formula is C19H17N3O4. The molecule has 0 spiro atoms. The van der Waals surface area contributed by atoms with E-state index in [9.17, 15) is 9.59 Å². The monoisotopic (exact) mass is 351 g/mol. The lowest BCUT2D eigenvalue weighted by Gasteiger charge is -2.07. The van der Waals surface area contributed by atoms with Gasteiger partial charge in [-0.3, -0.25) is 9.78 Å². The summed E-state index contributed by atoms with van der Waals surface area (Å²) in [4.78, 5) is 27.5. The molecule has 0 aliphatic rings. The zero-order valence-corrected chi connectivity index (χ0v) is 14.4. The van der Waals surface area contributed by atoms with Gasteiger partial charge in [-0.05, 0) is 43.7 Å². The van der Waals surface area contributed by atoms with E-state index in [1.54, 1.807) is 43.5 Å². The molecule has 132 valence electrons. The number of ether oxygens (including phenoxy) is 1. The van der Waals surface area contributed by atoms with Crippen LogP contribution in [0.2, 0.25) is 0 Å². The summed E-state index contributed by atoms with van der Waals surface area (Å²) in [6, 6.07) is 11.9. The van der Waals surface area contributed by atoms with Crippen molar-refractivity contribution in [3.05, 3.63) is 70.3 Å². The molecule has 2 heterocycles. The molecule has 0 saturated carbocycles. The van der Waals surface area contributed by atoms with Gasteiger partial charge in [0.25, 0.3) is 5.91 Å². The van der Waals surface area contributed by atoms with E-state index in [0.29, 0.717) is 22.7 Å².